The monoisotopic (exact) mass is 404 g/mol. The van der Waals surface area contributed by atoms with E-state index in [0.717, 1.165) is 6.42 Å². The minimum Gasteiger partial charge on any atom is -1.00 e. The van der Waals surface area contributed by atoms with Crippen LogP contribution in [0.4, 0.5) is 0 Å². The predicted octanol–water partition coefficient (Wildman–Crippen LogP) is -0.556. The van der Waals surface area contributed by atoms with Crippen molar-refractivity contribution < 1.29 is 44.8 Å². The Morgan fingerprint density at radius 3 is 2.04 bits per heavy atom. The summed E-state index contributed by atoms with van der Waals surface area (Å²) in [6.45, 7) is 6.21. The minimum absolute atomic E-state index is 0. The molecular weight excluding hydrogens is 383 g/mol. The summed E-state index contributed by atoms with van der Waals surface area (Å²) in [5.74, 6) is 0. The summed E-state index contributed by atoms with van der Waals surface area (Å²) >= 11 is 2.00. The number of hydrogen-bond donors (Lipinski definition) is 0. The Hall–Kier alpha value is -1.05. The van der Waals surface area contributed by atoms with Gasteiger partial charge in [-0.1, -0.05) is 49.2 Å². The molecule has 0 atom stereocenters. The van der Waals surface area contributed by atoms with Crippen molar-refractivity contribution in [1.82, 2.24) is 0 Å². The van der Waals surface area contributed by atoms with Crippen molar-refractivity contribution in [1.29, 1.82) is 0 Å². The summed E-state index contributed by atoms with van der Waals surface area (Å²) in [7, 11) is 0. The van der Waals surface area contributed by atoms with E-state index < -0.39 is 0 Å². The maximum Gasteiger partial charge on any atom is -0.0253 e. The summed E-state index contributed by atoms with van der Waals surface area (Å²) in [6.07, 6.45) is 1.05. The SMILES string of the molecule is C[CH]=[Ti+2].Cc1ccc(C)[cH-]1.[Cl-].[Cl-].[c-]1cccc2c1Cc1ccccc1-2. The molecule has 0 heterocycles. The fourth-order valence-electron chi connectivity index (χ4n) is 2.72. The molecule has 0 amide bonds. The summed E-state index contributed by atoms with van der Waals surface area (Å²) in [5.41, 5.74) is 8.23. The third-order valence-corrected chi connectivity index (χ3v) is 3.68. The zero-order chi connectivity index (χ0) is 16.7. The Labute approximate surface area is 175 Å². The molecule has 0 fully saturated rings. The van der Waals surface area contributed by atoms with E-state index in [2.05, 4.69) is 74.5 Å². The van der Waals surface area contributed by atoms with Crippen molar-refractivity contribution in [2.75, 3.05) is 0 Å². The van der Waals surface area contributed by atoms with Crippen molar-refractivity contribution in [2.24, 2.45) is 0 Å². The molecule has 0 spiro atoms. The van der Waals surface area contributed by atoms with Crippen LogP contribution in [0.2, 0.25) is 0 Å². The van der Waals surface area contributed by atoms with Gasteiger partial charge in [-0.05, 0) is 6.42 Å². The molecule has 0 radical (unpaired) electrons. The standard InChI is InChI=1S/C13H9.C7H9.C2H4.2ClH.Ti/c1-3-7-12-10(5-1)9-11-6-2-4-8-13(11)12;1-6-3-4-7(2)5-6;1-2;;;/h1-5,7-8H,9H2;3-5H,1-2H3;1H,2H3;2*1H;/q2*-1;;;;+2/p-2. The molecule has 0 saturated heterocycles. The van der Waals surface area contributed by atoms with E-state index in [-0.39, 0.29) is 24.8 Å². The molecule has 0 saturated carbocycles. The van der Waals surface area contributed by atoms with E-state index >= 15 is 0 Å². The molecule has 25 heavy (non-hydrogen) atoms. The third-order valence-electron chi connectivity index (χ3n) is 3.68. The topological polar surface area (TPSA) is 0 Å². The minimum atomic E-state index is 0. The first kappa shape index (κ1) is 24.0. The Kier molecular flexibility index (Phi) is 11.8. The van der Waals surface area contributed by atoms with E-state index in [1.165, 1.54) is 33.4 Å². The number of benzene rings is 2. The predicted molar refractivity (Wildman–Crippen MR) is 96.8 cm³/mol. The molecule has 1 aliphatic carbocycles. The first-order valence-corrected chi connectivity index (χ1v) is 8.78. The van der Waals surface area contributed by atoms with Gasteiger partial charge in [-0.15, -0.1) is 5.56 Å². The Morgan fingerprint density at radius 1 is 0.920 bits per heavy atom. The first-order chi connectivity index (χ1) is 11.2. The molecule has 3 heteroatoms. The fourth-order valence-corrected chi connectivity index (χ4v) is 2.72. The third kappa shape index (κ3) is 7.00. The molecule has 3 aromatic carbocycles. The first-order valence-electron chi connectivity index (χ1n) is 7.88. The van der Waals surface area contributed by atoms with Gasteiger partial charge < -0.3 is 24.8 Å². The molecule has 0 aliphatic heterocycles. The van der Waals surface area contributed by atoms with Crippen LogP contribution < -0.4 is 24.8 Å². The van der Waals surface area contributed by atoms with Crippen LogP contribution in [0, 0.1) is 19.9 Å². The van der Waals surface area contributed by atoms with E-state index in [1.807, 2.05) is 37.3 Å². The molecule has 3 aromatic rings. The van der Waals surface area contributed by atoms with Gasteiger partial charge in [0.25, 0.3) is 0 Å². The van der Waals surface area contributed by atoms with Gasteiger partial charge in [0.15, 0.2) is 0 Å². The average Bonchev–Trinajstić information content (AvgIpc) is 3.11. The van der Waals surface area contributed by atoms with Crippen LogP contribution in [0.5, 0.6) is 0 Å². The van der Waals surface area contributed by atoms with Crippen LogP contribution in [0.15, 0.2) is 60.7 Å². The summed E-state index contributed by atoms with van der Waals surface area (Å²) in [5, 5.41) is 0. The van der Waals surface area contributed by atoms with Gasteiger partial charge in [-0.3, -0.25) is 0 Å². The zero-order valence-electron chi connectivity index (χ0n) is 14.8. The van der Waals surface area contributed by atoms with E-state index in [1.54, 1.807) is 0 Å². The zero-order valence-corrected chi connectivity index (χ0v) is 17.9. The van der Waals surface area contributed by atoms with Crippen LogP contribution in [-0.4, -0.2) is 4.31 Å². The summed E-state index contributed by atoms with van der Waals surface area (Å²) in [6, 6.07) is 24.5. The average molecular weight is 405 g/mol. The van der Waals surface area contributed by atoms with Gasteiger partial charge in [-0.25, -0.2) is 12.1 Å². The molecule has 0 bridgehead atoms. The molecule has 0 unspecified atom stereocenters. The summed E-state index contributed by atoms with van der Waals surface area (Å²) in [4.78, 5) is 0. The van der Waals surface area contributed by atoms with Crippen LogP contribution in [0.3, 0.4) is 0 Å². The largest absolute Gasteiger partial charge is 1.00 e. The normalized spacial score (nSPS) is 9.64. The van der Waals surface area contributed by atoms with Gasteiger partial charge in [0.05, 0.1) is 0 Å². The molecular formula is C22H22Cl2Ti-2. The maximum atomic E-state index is 3.30. The van der Waals surface area contributed by atoms with Gasteiger partial charge in [0.1, 0.15) is 0 Å². The van der Waals surface area contributed by atoms with Gasteiger partial charge in [0, 0.05) is 0 Å². The number of fused-ring (bicyclic) bond motifs is 3. The van der Waals surface area contributed by atoms with Crippen LogP contribution in [0.1, 0.15) is 29.2 Å². The van der Waals surface area contributed by atoms with E-state index in [4.69, 9.17) is 0 Å². The smallest absolute Gasteiger partial charge is 0.0253 e. The quantitative estimate of drug-likeness (QED) is 0.272. The number of rotatable bonds is 0. The van der Waals surface area contributed by atoms with Crippen molar-refractivity contribution in [3.63, 3.8) is 0 Å². The second kappa shape index (κ2) is 12.3. The second-order valence-electron chi connectivity index (χ2n) is 5.65. The molecule has 0 aromatic heterocycles. The van der Waals surface area contributed by atoms with Gasteiger partial charge >= 0.3 is 31.2 Å². The Balaban J connectivity index is 0.000000415. The van der Waals surface area contributed by atoms with Crippen LogP contribution in [0.25, 0.3) is 11.1 Å². The number of halogens is 2. The van der Waals surface area contributed by atoms with Crippen molar-refractivity contribution in [2.45, 2.75) is 27.2 Å². The Bertz CT molecular complexity index is 715. The van der Waals surface area contributed by atoms with Crippen molar-refractivity contribution in [3.8, 4) is 11.1 Å². The van der Waals surface area contributed by atoms with E-state index in [9.17, 15) is 0 Å². The second-order valence-corrected chi connectivity index (χ2v) is 6.55. The molecule has 4 rings (SSSR count). The van der Waals surface area contributed by atoms with Crippen molar-refractivity contribution in [3.05, 3.63) is 89.0 Å². The van der Waals surface area contributed by atoms with E-state index in [0.29, 0.717) is 0 Å². The van der Waals surface area contributed by atoms with Crippen LogP contribution in [-0.2, 0) is 26.4 Å². The Morgan fingerprint density at radius 2 is 1.48 bits per heavy atom. The maximum absolute atomic E-state index is 3.30. The van der Waals surface area contributed by atoms with Crippen molar-refractivity contribution >= 4 is 4.31 Å². The summed E-state index contributed by atoms with van der Waals surface area (Å²) < 4.78 is 2.00. The number of aryl methyl sites for hydroxylation is 2. The van der Waals surface area contributed by atoms with Gasteiger partial charge in [-0.2, -0.15) is 47.0 Å². The number of hydrogen-bond acceptors (Lipinski definition) is 0. The molecule has 1 aliphatic rings. The molecule has 0 N–H and O–H groups in total. The van der Waals surface area contributed by atoms with Crippen LogP contribution >= 0.6 is 0 Å². The molecule has 0 nitrogen and oxygen atoms in total. The van der Waals surface area contributed by atoms with Gasteiger partial charge in [0.2, 0.25) is 0 Å². The molecule has 130 valence electrons. The fraction of sp³-hybridized carbons (Fsp3) is 0.182.